The van der Waals surface area contributed by atoms with Crippen molar-refractivity contribution in [1.82, 2.24) is 19.7 Å². The number of hydrogen-bond acceptors (Lipinski definition) is 4. The van der Waals surface area contributed by atoms with E-state index in [4.69, 9.17) is 0 Å². The second kappa shape index (κ2) is 10.6. The van der Waals surface area contributed by atoms with Gasteiger partial charge in [-0.05, 0) is 75.7 Å². The summed E-state index contributed by atoms with van der Waals surface area (Å²) in [5.41, 5.74) is 1.07. The molecule has 3 fully saturated rings. The lowest BCUT2D eigenvalue weighted by Gasteiger charge is -2.42. The normalized spacial score (nSPS) is 23.4. The molecule has 2 amide bonds. The van der Waals surface area contributed by atoms with Gasteiger partial charge in [-0.25, -0.2) is 0 Å². The van der Waals surface area contributed by atoms with E-state index >= 15 is 0 Å². The number of carbonyl (C=O) groups excluding carboxylic acids is 2. The van der Waals surface area contributed by atoms with Crippen molar-refractivity contribution >= 4 is 11.8 Å². The average Bonchev–Trinajstić information content (AvgIpc) is 2.77. The van der Waals surface area contributed by atoms with E-state index in [0.717, 1.165) is 76.7 Å². The minimum atomic E-state index is 0.118. The Morgan fingerprint density at radius 2 is 1.90 bits per heavy atom. The largest absolute Gasteiger partial charge is 0.341 e. The molecule has 1 aliphatic carbocycles. The fraction of sp³-hybridized carbons (Fsp3) is 0.720. The van der Waals surface area contributed by atoms with E-state index in [-0.39, 0.29) is 23.8 Å². The Labute approximate surface area is 187 Å². The fourth-order valence-electron chi connectivity index (χ4n) is 5.28. The molecule has 0 aromatic carbocycles. The Bertz CT molecular complexity index is 728. The molecule has 1 aromatic heterocycles. The maximum atomic E-state index is 13.3. The maximum absolute atomic E-state index is 13.3. The first-order valence-electron chi connectivity index (χ1n) is 12.3. The highest BCUT2D eigenvalue weighted by Crippen LogP contribution is 2.31. The van der Waals surface area contributed by atoms with Gasteiger partial charge in [0.15, 0.2) is 0 Å². The quantitative estimate of drug-likeness (QED) is 0.671. The van der Waals surface area contributed by atoms with E-state index in [2.05, 4.69) is 21.7 Å². The van der Waals surface area contributed by atoms with Crippen LogP contribution >= 0.6 is 0 Å². The smallest absolute Gasteiger partial charge is 0.226 e. The van der Waals surface area contributed by atoms with Gasteiger partial charge in [0, 0.05) is 50.4 Å². The number of hydrogen-bond donors (Lipinski definition) is 0. The van der Waals surface area contributed by atoms with Crippen molar-refractivity contribution in [3.05, 3.63) is 30.1 Å². The van der Waals surface area contributed by atoms with Crippen molar-refractivity contribution < 1.29 is 9.59 Å². The van der Waals surface area contributed by atoms with Crippen LogP contribution in [0.1, 0.15) is 63.9 Å². The topological polar surface area (TPSA) is 56.8 Å². The third kappa shape index (κ3) is 5.65. The van der Waals surface area contributed by atoms with Gasteiger partial charge < -0.3 is 14.7 Å². The van der Waals surface area contributed by atoms with Gasteiger partial charge in [0.25, 0.3) is 0 Å². The number of aromatic nitrogens is 1. The number of amides is 2. The summed E-state index contributed by atoms with van der Waals surface area (Å²) in [7, 11) is 0. The molecule has 170 valence electrons. The molecule has 0 bridgehead atoms. The molecule has 1 aromatic rings. The van der Waals surface area contributed by atoms with Gasteiger partial charge >= 0.3 is 0 Å². The van der Waals surface area contributed by atoms with Crippen LogP contribution in [-0.4, -0.2) is 70.3 Å². The first kappa shape index (κ1) is 22.3. The molecule has 2 aliphatic heterocycles. The van der Waals surface area contributed by atoms with Crippen molar-refractivity contribution in [2.45, 2.75) is 70.9 Å². The Balaban J connectivity index is 1.38. The molecule has 2 saturated heterocycles. The summed E-state index contributed by atoms with van der Waals surface area (Å²) in [5.74, 6) is 1.25. The number of likely N-dealkylation sites (tertiary alicyclic amines) is 2. The van der Waals surface area contributed by atoms with Crippen LogP contribution in [0.3, 0.4) is 0 Å². The van der Waals surface area contributed by atoms with Crippen LogP contribution in [0.15, 0.2) is 24.5 Å². The number of piperidine rings is 2. The molecule has 31 heavy (non-hydrogen) atoms. The Morgan fingerprint density at radius 1 is 1.10 bits per heavy atom. The van der Waals surface area contributed by atoms with Gasteiger partial charge in [-0.15, -0.1) is 0 Å². The van der Waals surface area contributed by atoms with Crippen molar-refractivity contribution in [3.8, 4) is 0 Å². The molecule has 3 aliphatic rings. The molecule has 3 heterocycles. The van der Waals surface area contributed by atoms with Gasteiger partial charge in [0.05, 0.1) is 0 Å². The van der Waals surface area contributed by atoms with Gasteiger partial charge in [-0.3, -0.25) is 14.6 Å². The average molecular weight is 427 g/mol. The first-order valence-corrected chi connectivity index (χ1v) is 12.3. The zero-order chi connectivity index (χ0) is 21.6. The van der Waals surface area contributed by atoms with Gasteiger partial charge in [-0.2, -0.15) is 0 Å². The molecule has 4 rings (SSSR count). The van der Waals surface area contributed by atoms with E-state index in [9.17, 15) is 9.59 Å². The number of rotatable bonds is 7. The van der Waals surface area contributed by atoms with Crippen LogP contribution in [0, 0.1) is 11.8 Å². The summed E-state index contributed by atoms with van der Waals surface area (Å²) < 4.78 is 0. The monoisotopic (exact) mass is 426 g/mol. The molecule has 1 unspecified atom stereocenters. The van der Waals surface area contributed by atoms with Crippen LogP contribution in [-0.2, 0) is 16.1 Å². The van der Waals surface area contributed by atoms with Crippen molar-refractivity contribution in [2.24, 2.45) is 11.8 Å². The zero-order valence-electron chi connectivity index (χ0n) is 19.0. The lowest BCUT2D eigenvalue weighted by molar-refractivity contribution is -0.145. The molecule has 0 N–H and O–H groups in total. The molecule has 1 saturated carbocycles. The minimum Gasteiger partial charge on any atom is -0.341 e. The van der Waals surface area contributed by atoms with Crippen molar-refractivity contribution in [1.29, 1.82) is 0 Å². The van der Waals surface area contributed by atoms with Crippen molar-refractivity contribution in [2.75, 3.05) is 32.7 Å². The summed E-state index contributed by atoms with van der Waals surface area (Å²) in [4.78, 5) is 37.2. The van der Waals surface area contributed by atoms with Crippen LogP contribution in [0.4, 0.5) is 0 Å². The van der Waals surface area contributed by atoms with E-state index in [1.165, 1.54) is 0 Å². The van der Waals surface area contributed by atoms with Crippen LogP contribution in [0.5, 0.6) is 0 Å². The molecule has 6 heteroatoms. The molecule has 1 atom stereocenters. The third-order valence-corrected chi connectivity index (χ3v) is 7.62. The standard InChI is InChI=1S/C25H38N4O2/c1-2-27-14-10-20(11-15-27)16-24(30)28-13-5-9-23(19-28)29(25(31)22-7-3-8-22)18-21-6-4-12-26-17-21/h4,6,12,17,20,22-23H,2-3,5,7-11,13-16,18-19H2,1H3. The predicted molar refractivity (Wildman–Crippen MR) is 121 cm³/mol. The summed E-state index contributed by atoms with van der Waals surface area (Å²) in [6.07, 6.45) is 11.7. The lowest BCUT2D eigenvalue weighted by Crippen LogP contribution is -2.53. The highest BCUT2D eigenvalue weighted by atomic mass is 16.2. The highest BCUT2D eigenvalue weighted by molar-refractivity contribution is 5.80. The summed E-state index contributed by atoms with van der Waals surface area (Å²) >= 11 is 0. The first-order chi connectivity index (χ1) is 15.1. The number of pyridine rings is 1. The molecule has 6 nitrogen and oxygen atoms in total. The zero-order valence-corrected chi connectivity index (χ0v) is 19.0. The second-order valence-electron chi connectivity index (χ2n) is 9.67. The number of nitrogens with zero attached hydrogens (tertiary/aromatic N) is 4. The van der Waals surface area contributed by atoms with E-state index in [1.807, 2.05) is 23.2 Å². The van der Waals surface area contributed by atoms with Crippen molar-refractivity contribution in [3.63, 3.8) is 0 Å². The lowest BCUT2D eigenvalue weighted by atomic mass is 9.83. The Morgan fingerprint density at radius 3 is 2.55 bits per heavy atom. The molecule has 0 spiro atoms. The second-order valence-corrected chi connectivity index (χ2v) is 9.67. The van der Waals surface area contributed by atoms with Crippen LogP contribution < -0.4 is 0 Å². The van der Waals surface area contributed by atoms with E-state index in [0.29, 0.717) is 25.4 Å². The minimum absolute atomic E-state index is 0.118. The summed E-state index contributed by atoms with van der Waals surface area (Å²) in [6, 6.07) is 4.09. The predicted octanol–water partition coefficient (Wildman–Crippen LogP) is 3.32. The summed E-state index contributed by atoms with van der Waals surface area (Å²) in [5, 5.41) is 0. The fourth-order valence-corrected chi connectivity index (χ4v) is 5.28. The van der Waals surface area contributed by atoms with Gasteiger partial charge in [-0.1, -0.05) is 19.4 Å². The van der Waals surface area contributed by atoms with Crippen LogP contribution in [0.2, 0.25) is 0 Å². The van der Waals surface area contributed by atoms with E-state index in [1.54, 1.807) is 6.20 Å². The van der Waals surface area contributed by atoms with E-state index < -0.39 is 0 Å². The molecular formula is C25H38N4O2. The molecule has 0 radical (unpaired) electrons. The number of carbonyl (C=O) groups is 2. The highest BCUT2D eigenvalue weighted by Gasteiger charge is 2.36. The van der Waals surface area contributed by atoms with Gasteiger partial charge in [0.2, 0.25) is 11.8 Å². The van der Waals surface area contributed by atoms with Crippen LogP contribution in [0.25, 0.3) is 0 Å². The third-order valence-electron chi connectivity index (χ3n) is 7.62. The Kier molecular flexibility index (Phi) is 7.59. The molecular weight excluding hydrogens is 388 g/mol. The maximum Gasteiger partial charge on any atom is 0.226 e. The summed E-state index contributed by atoms with van der Waals surface area (Å²) in [6.45, 7) is 7.67. The van der Waals surface area contributed by atoms with Gasteiger partial charge in [0.1, 0.15) is 0 Å². The Hall–Kier alpha value is -1.95. The SMILES string of the molecule is CCN1CCC(CC(=O)N2CCCC(N(Cc3cccnc3)C(=O)C3CCC3)C2)CC1.